The van der Waals surface area contributed by atoms with Crippen LogP contribution >= 0.6 is 0 Å². The van der Waals surface area contributed by atoms with Crippen LogP contribution in [0.25, 0.3) is 5.69 Å². The molecule has 1 aliphatic rings. The van der Waals surface area contributed by atoms with Crippen LogP contribution < -0.4 is 10.1 Å². The van der Waals surface area contributed by atoms with Crippen molar-refractivity contribution in [3.05, 3.63) is 71.3 Å². The van der Waals surface area contributed by atoms with Crippen LogP contribution in [0.2, 0.25) is 0 Å². The second kappa shape index (κ2) is 7.23. The van der Waals surface area contributed by atoms with Gasteiger partial charge in [-0.05, 0) is 74.2 Å². The second-order valence-electron chi connectivity index (χ2n) is 6.55. The number of fused-ring (bicyclic) bond motifs is 1. The third-order valence-corrected chi connectivity index (χ3v) is 4.81. The lowest BCUT2D eigenvalue weighted by molar-refractivity contribution is 0.102. The van der Waals surface area contributed by atoms with E-state index in [1.54, 1.807) is 48.2 Å². The summed E-state index contributed by atoms with van der Waals surface area (Å²) < 4.78 is 20.2. The minimum absolute atomic E-state index is 0.237. The van der Waals surface area contributed by atoms with Gasteiger partial charge in [0.1, 0.15) is 11.6 Å². The molecule has 0 saturated heterocycles. The molecule has 0 unspecified atom stereocenters. The van der Waals surface area contributed by atoms with Crippen LogP contribution in [0.4, 0.5) is 10.1 Å². The van der Waals surface area contributed by atoms with Gasteiger partial charge >= 0.3 is 0 Å². The molecule has 1 heterocycles. The minimum Gasteiger partial charge on any atom is -0.497 e. The predicted molar refractivity (Wildman–Crippen MR) is 101 cm³/mol. The molecule has 6 heteroatoms. The first-order valence-corrected chi connectivity index (χ1v) is 8.98. The summed E-state index contributed by atoms with van der Waals surface area (Å²) in [5.74, 6) is 0.197. The van der Waals surface area contributed by atoms with Gasteiger partial charge in [0.15, 0.2) is 5.69 Å². The standard InChI is InChI=1S/C21H20FN3O2/c1-27-17-12-8-15(9-13-17)23-21(26)20-18-4-2-3-5-19(18)25(24-20)16-10-6-14(22)7-11-16/h6-13H,2-5H2,1H3,(H,23,26). The first kappa shape index (κ1) is 17.3. The smallest absolute Gasteiger partial charge is 0.276 e. The molecule has 0 atom stereocenters. The molecule has 0 aliphatic heterocycles. The van der Waals surface area contributed by atoms with E-state index in [2.05, 4.69) is 10.4 Å². The Labute approximate surface area is 156 Å². The highest BCUT2D eigenvalue weighted by Crippen LogP contribution is 2.28. The van der Waals surface area contributed by atoms with E-state index in [1.807, 2.05) is 0 Å². The summed E-state index contributed by atoms with van der Waals surface area (Å²) in [5, 5.41) is 7.48. The van der Waals surface area contributed by atoms with Gasteiger partial charge in [0.25, 0.3) is 5.91 Å². The number of ether oxygens (including phenoxy) is 1. The maximum absolute atomic E-state index is 13.3. The van der Waals surface area contributed by atoms with E-state index >= 15 is 0 Å². The summed E-state index contributed by atoms with van der Waals surface area (Å²) in [6.45, 7) is 0. The van der Waals surface area contributed by atoms with E-state index in [0.29, 0.717) is 11.4 Å². The Kier molecular flexibility index (Phi) is 4.62. The van der Waals surface area contributed by atoms with Gasteiger partial charge < -0.3 is 10.1 Å². The van der Waals surface area contributed by atoms with Crippen molar-refractivity contribution < 1.29 is 13.9 Å². The largest absolute Gasteiger partial charge is 0.497 e. The average Bonchev–Trinajstić information content (AvgIpc) is 3.09. The molecule has 0 saturated carbocycles. The minimum atomic E-state index is -0.294. The van der Waals surface area contributed by atoms with E-state index in [0.717, 1.165) is 48.4 Å². The summed E-state index contributed by atoms with van der Waals surface area (Å²) in [5.41, 5.74) is 3.90. The molecule has 1 aromatic heterocycles. The highest BCUT2D eigenvalue weighted by Gasteiger charge is 2.25. The van der Waals surface area contributed by atoms with Gasteiger partial charge in [0, 0.05) is 16.9 Å². The molecule has 5 nitrogen and oxygen atoms in total. The normalized spacial score (nSPS) is 13.1. The summed E-state index contributed by atoms with van der Waals surface area (Å²) in [7, 11) is 1.60. The molecule has 4 rings (SSSR count). The topological polar surface area (TPSA) is 56.1 Å². The molecule has 1 N–H and O–H groups in total. The number of carbonyl (C=O) groups is 1. The Morgan fingerprint density at radius 3 is 2.48 bits per heavy atom. The Balaban J connectivity index is 1.67. The van der Waals surface area contributed by atoms with Crippen molar-refractivity contribution >= 4 is 11.6 Å². The zero-order chi connectivity index (χ0) is 18.8. The second-order valence-corrected chi connectivity index (χ2v) is 6.55. The van der Waals surface area contributed by atoms with E-state index < -0.39 is 0 Å². The number of amides is 1. The highest BCUT2D eigenvalue weighted by molar-refractivity contribution is 6.04. The number of carbonyl (C=O) groups excluding carboxylic acids is 1. The molecule has 0 spiro atoms. The fourth-order valence-electron chi connectivity index (χ4n) is 3.44. The number of hydrogen-bond acceptors (Lipinski definition) is 3. The number of benzene rings is 2. The van der Waals surface area contributed by atoms with Crippen molar-refractivity contribution in [3.63, 3.8) is 0 Å². The lowest BCUT2D eigenvalue weighted by Crippen LogP contribution is -2.15. The molecule has 2 aromatic carbocycles. The molecule has 0 fully saturated rings. The lowest BCUT2D eigenvalue weighted by Gasteiger charge is -2.14. The van der Waals surface area contributed by atoms with Crippen molar-refractivity contribution in [2.24, 2.45) is 0 Å². The van der Waals surface area contributed by atoms with Crippen LogP contribution in [0, 0.1) is 5.82 Å². The molecular weight excluding hydrogens is 345 g/mol. The summed E-state index contributed by atoms with van der Waals surface area (Å²) >= 11 is 0. The maximum atomic E-state index is 13.3. The van der Waals surface area contributed by atoms with Gasteiger partial charge in [-0.2, -0.15) is 5.10 Å². The molecular formula is C21H20FN3O2. The third-order valence-electron chi connectivity index (χ3n) is 4.81. The van der Waals surface area contributed by atoms with Crippen LogP contribution in [0.5, 0.6) is 5.75 Å². The van der Waals surface area contributed by atoms with Crippen LogP contribution in [-0.2, 0) is 12.8 Å². The van der Waals surface area contributed by atoms with Crippen LogP contribution in [0.1, 0.15) is 34.6 Å². The number of aromatic nitrogens is 2. The number of nitrogens with one attached hydrogen (secondary N) is 1. The maximum Gasteiger partial charge on any atom is 0.276 e. The van der Waals surface area contributed by atoms with Crippen molar-refractivity contribution in [1.29, 1.82) is 0 Å². The number of hydrogen-bond donors (Lipinski definition) is 1. The molecule has 138 valence electrons. The van der Waals surface area contributed by atoms with E-state index in [-0.39, 0.29) is 11.7 Å². The lowest BCUT2D eigenvalue weighted by atomic mass is 9.95. The molecule has 0 radical (unpaired) electrons. The predicted octanol–water partition coefficient (Wildman–Crippen LogP) is 4.15. The summed E-state index contributed by atoms with van der Waals surface area (Å²) in [6, 6.07) is 13.3. The zero-order valence-corrected chi connectivity index (χ0v) is 15.0. The SMILES string of the molecule is COc1ccc(NC(=O)c2nn(-c3ccc(F)cc3)c3c2CCCC3)cc1. The van der Waals surface area contributed by atoms with Crippen molar-refractivity contribution in [1.82, 2.24) is 9.78 Å². The van der Waals surface area contributed by atoms with Crippen molar-refractivity contribution in [2.75, 3.05) is 12.4 Å². The first-order valence-electron chi connectivity index (χ1n) is 8.98. The third kappa shape index (κ3) is 3.43. The van der Waals surface area contributed by atoms with E-state index in [1.165, 1.54) is 12.1 Å². The van der Waals surface area contributed by atoms with Crippen LogP contribution in [-0.4, -0.2) is 22.8 Å². The van der Waals surface area contributed by atoms with Crippen LogP contribution in [0.15, 0.2) is 48.5 Å². The summed E-state index contributed by atoms with van der Waals surface area (Å²) in [4.78, 5) is 12.9. The van der Waals surface area contributed by atoms with Gasteiger partial charge in [-0.3, -0.25) is 4.79 Å². The fraction of sp³-hybridized carbons (Fsp3) is 0.238. The number of anilines is 1. The van der Waals surface area contributed by atoms with Gasteiger partial charge in [-0.25, -0.2) is 9.07 Å². The van der Waals surface area contributed by atoms with Crippen molar-refractivity contribution in [3.8, 4) is 11.4 Å². The molecule has 0 bridgehead atoms. The van der Waals surface area contributed by atoms with Crippen LogP contribution in [0.3, 0.4) is 0 Å². The Morgan fingerprint density at radius 1 is 1.07 bits per heavy atom. The van der Waals surface area contributed by atoms with Gasteiger partial charge in [0.05, 0.1) is 12.8 Å². The highest BCUT2D eigenvalue weighted by atomic mass is 19.1. The molecule has 3 aromatic rings. The quantitative estimate of drug-likeness (QED) is 0.756. The number of halogens is 1. The van der Waals surface area contributed by atoms with E-state index in [4.69, 9.17) is 4.74 Å². The Bertz CT molecular complexity index is 962. The fourth-order valence-corrected chi connectivity index (χ4v) is 3.44. The number of nitrogens with zero attached hydrogens (tertiary/aromatic N) is 2. The Morgan fingerprint density at radius 2 is 1.78 bits per heavy atom. The van der Waals surface area contributed by atoms with Gasteiger partial charge in [0.2, 0.25) is 0 Å². The van der Waals surface area contributed by atoms with Crippen molar-refractivity contribution in [2.45, 2.75) is 25.7 Å². The van der Waals surface area contributed by atoms with Gasteiger partial charge in [-0.1, -0.05) is 0 Å². The monoisotopic (exact) mass is 365 g/mol. The molecule has 1 aliphatic carbocycles. The average molecular weight is 365 g/mol. The molecule has 27 heavy (non-hydrogen) atoms. The first-order chi connectivity index (χ1) is 13.2. The van der Waals surface area contributed by atoms with Gasteiger partial charge in [-0.15, -0.1) is 0 Å². The van der Waals surface area contributed by atoms with E-state index in [9.17, 15) is 9.18 Å². The summed E-state index contributed by atoms with van der Waals surface area (Å²) in [6.07, 6.45) is 3.77. The number of rotatable bonds is 4. The Hall–Kier alpha value is -3.15. The zero-order valence-electron chi connectivity index (χ0n) is 15.0. The molecule has 1 amide bonds. The number of methoxy groups -OCH3 is 1.